The molecule has 0 saturated carbocycles. The van der Waals surface area contributed by atoms with E-state index in [-0.39, 0.29) is 12.4 Å². The molecule has 58 valence electrons. The Morgan fingerprint density at radius 1 is 1.55 bits per heavy atom. The second kappa shape index (κ2) is 3.02. The van der Waals surface area contributed by atoms with Gasteiger partial charge in [0.25, 0.3) is 0 Å². The molecule has 0 radical (unpaired) electrons. The van der Waals surface area contributed by atoms with E-state index in [0.29, 0.717) is 5.69 Å². The van der Waals surface area contributed by atoms with Gasteiger partial charge in [-0.25, -0.2) is 4.98 Å². The van der Waals surface area contributed by atoms with Crippen LogP contribution in [0.5, 0.6) is 0 Å². The Labute approximate surface area is 62.2 Å². The van der Waals surface area contributed by atoms with Gasteiger partial charge >= 0.3 is 5.82 Å². The molecule has 1 heterocycles. The topological polar surface area (TPSA) is 94.9 Å². The number of rotatable bonds is 2. The fourth-order valence-corrected chi connectivity index (χ4v) is 0.548. The van der Waals surface area contributed by atoms with Gasteiger partial charge in [-0.05, 0) is 9.91 Å². The number of nitrogens with zero attached hydrogens (tertiary/aromatic N) is 3. The summed E-state index contributed by atoms with van der Waals surface area (Å²) in [5.74, 6) is -0.262. The maximum atomic E-state index is 10.1. The first kappa shape index (κ1) is 7.55. The average molecular weight is 154 g/mol. The van der Waals surface area contributed by atoms with Gasteiger partial charge in [0, 0.05) is 6.54 Å². The highest BCUT2D eigenvalue weighted by Crippen LogP contribution is 2.02. The van der Waals surface area contributed by atoms with Gasteiger partial charge in [0.1, 0.15) is 6.20 Å². The van der Waals surface area contributed by atoms with Crippen molar-refractivity contribution < 1.29 is 4.92 Å². The van der Waals surface area contributed by atoms with E-state index in [1.807, 2.05) is 0 Å². The Balaban J connectivity index is 2.91. The van der Waals surface area contributed by atoms with Gasteiger partial charge in [0.2, 0.25) is 0 Å². The van der Waals surface area contributed by atoms with Crippen LogP contribution in [0.25, 0.3) is 0 Å². The Morgan fingerprint density at radius 3 is 2.64 bits per heavy atom. The zero-order chi connectivity index (χ0) is 8.27. The quantitative estimate of drug-likeness (QED) is 0.471. The lowest BCUT2D eigenvalue weighted by Gasteiger charge is -1.91. The molecule has 0 spiro atoms. The van der Waals surface area contributed by atoms with E-state index in [2.05, 4.69) is 9.97 Å². The molecule has 2 N–H and O–H groups in total. The molecule has 0 bridgehead atoms. The first-order valence-corrected chi connectivity index (χ1v) is 2.89. The van der Waals surface area contributed by atoms with Crippen LogP contribution in [0.1, 0.15) is 5.69 Å². The molecule has 0 aliphatic rings. The molecule has 1 aromatic rings. The fraction of sp³-hybridized carbons (Fsp3) is 0.200. The molecule has 1 rings (SSSR count). The summed E-state index contributed by atoms with van der Waals surface area (Å²) in [5.41, 5.74) is 5.74. The second-order valence-electron chi connectivity index (χ2n) is 1.83. The Kier molecular flexibility index (Phi) is 2.07. The van der Waals surface area contributed by atoms with Crippen LogP contribution >= 0.6 is 0 Å². The SMILES string of the molecule is NCc1cnc([N+](=O)[O-])cn1. The lowest BCUT2D eigenvalue weighted by molar-refractivity contribution is -0.389. The molecule has 0 aromatic carbocycles. The standard InChI is InChI=1S/C5H6N4O2/c6-1-4-2-8-5(3-7-4)9(10)11/h2-3H,1,6H2. The molecule has 0 fully saturated rings. The van der Waals surface area contributed by atoms with E-state index in [1.165, 1.54) is 6.20 Å². The summed E-state index contributed by atoms with van der Waals surface area (Å²) in [6.45, 7) is 0.241. The molecule has 1 aromatic heterocycles. The Hall–Kier alpha value is -1.56. The van der Waals surface area contributed by atoms with Crippen LogP contribution in [0, 0.1) is 10.1 Å². The molecule has 0 aliphatic carbocycles. The molecule has 6 heteroatoms. The van der Waals surface area contributed by atoms with Crippen molar-refractivity contribution in [2.75, 3.05) is 0 Å². The van der Waals surface area contributed by atoms with Gasteiger partial charge in [-0.1, -0.05) is 0 Å². The normalized spacial score (nSPS) is 9.55. The van der Waals surface area contributed by atoms with Crippen LogP contribution in [0.15, 0.2) is 12.4 Å². The molecular formula is C5H6N4O2. The largest absolute Gasteiger partial charge is 0.381 e. The summed E-state index contributed by atoms with van der Waals surface area (Å²) in [5, 5.41) is 10.1. The third-order valence-corrected chi connectivity index (χ3v) is 1.09. The lowest BCUT2D eigenvalue weighted by atomic mass is 10.4. The van der Waals surface area contributed by atoms with Crippen LogP contribution in [0.2, 0.25) is 0 Å². The summed E-state index contributed by atoms with van der Waals surface area (Å²) < 4.78 is 0. The zero-order valence-corrected chi connectivity index (χ0v) is 5.60. The summed E-state index contributed by atoms with van der Waals surface area (Å²) in [4.78, 5) is 16.7. The number of nitrogens with two attached hydrogens (primary N) is 1. The molecule has 0 atom stereocenters. The lowest BCUT2D eigenvalue weighted by Crippen LogP contribution is -2.01. The number of nitro groups is 1. The molecule has 11 heavy (non-hydrogen) atoms. The number of hydrogen-bond acceptors (Lipinski definition) is 5. The van der Waals surface area contributed by atoms with Gasteiger partial charge in [-0.3, -0.25) is 0 Å². The van der Waals surface area contributed by atoms with Crippen molar-refractivity contribution in [3.05, 3.63) is 28.2 Å². The van der Waals surface area contributed by atoms with Crippen molar-refractivity contribution in [3.8, 4) is 0 Å². The predicted octanol–water partition coefficient (Wildman–Crippen LogP) is -0.157. The minimum absolute atomic E-state index is 0.241. The third-order valence-electron chi connectivity index (χ3n) is 1.09. The van der Waals surface area contributed by atoms with Gasteiger partial charge in [0.15, 0.2) is 6.20 Å². The highest BCUT2D eigenvalue weighted by atomic mass is 16.6. The molecule has 0 saturated heterocycles. The van der Waals surface area contributed by atoms with Crippen molar-refractivity contribution in [1.29, 1.82) is 0 Å². The monoisotopic (exact) mass is 154 g/mol. The summed E-state index contributed by atoms with van der Waals surface area (Å²) >= 11 is 0. The summed E-state index contributed by atoms with van der Waals surface area (Å²) in [6.07, 6.45) is 2.38. The summed E-state index contributed by atoms with van der Waals surface area (Å²) in [6, 6.07) is 0. The summed E-state index contributed by atoms with van der Waals surface area (Å²) in [7, 11) is 0. The maximum absolute atomic E-state index is 10.1. The zero-order valence-electron chi connectivity index (χ0n) is 5.60. The number of hydrogen-bond donors (Lipinski definition) is 1. The van der Waals surface area contributed by atoms with E-state index in [1.54, 1.807) is 0 Å². The minimum Gasteiger partial charge on any atom is -0.358 e. The van der Waals surface area contributed by atoms with E-state index in [0.717, 1.165) is 6.20 Å². The Bertz CT molecular complexity index is 258. The van der Waals surface area contributed by atoms with Gasteiger partial charge in [-0.15, -0.1) is 0 Å². The molecule has 0 amide bonds. The molecular weight excluding hydrogens is 148 g/mol. The van der Waals surface area contributed by atoms with Crippen LogP contribution in [0.4, 0.5) is 5.82 Å². The molecule has 6 nitrogen and oxygen atoms in total. The van der Waals surface area contributed by atoms with Crippen molar-refractivity contribution in [2.45, 2.75) is 6.54 Å². The van der Waals surface area contributed by atoms with Crippen molar-refractivity contribution in [1.82, 2.24) is 9.97 Å². The van der Waals surface area contributed by atoms with Crippen molar-refractivity contribution in [3.63, 3.8) is 0 Å². The maximum Gasteiger partial charge on any atom is 0.381 e. The van der Waals surface area contributed by atoms with Gasteiger partial charge < -0.3 is 15.8 Å². The van der Waals surface area contributed by atoms with Crippen molar-refractivity contribution in [2.24, 2.45) is 5.73 Å². The Morgan fingerprint density at radius 2 is 2.27 bits per heavy atom. The smallest absolute Gasteiger partial charge is 0.358 e. The molecule has 0 aliphatic heterocycles. The molecule has 0 unspecified atom stereocenters. The minimum atomic E-state index is -0.604. The van der Waals surface area contributed by atoms with Gasteiger partial charge in [-0.2, -0.15) is 0 Å². The second-order valence-corrected chi connectivity index (χ2v) is 1.83. The predicted molar refractivity (Wildman–Crippen MR) is 36.6 cm³/mol. The van der Waals surface area contributed by atoms with E-state index < -0.39 is 4.92 Å². The first-order chi connectivity index (χ1) is 5.24. The fourth-order valence-electron chi connectivity index (χ4n) is 0.548. The van der Waals surface area contributed by atoms with Gasteiger partial charge in [0.05, 0.1) is 5.69 Å². The number of aromatic nitrogens is 2. The van der Waals surface area contributed by atoms with Crippen LogP contribution < -0.4 is 5.73 Å². The van der Waals surface area contributed by atoms with Crippen LogP contribution in [0.3, 0.4) is 0 Å². The third kappa shape index (κ3) is 1.68. The highest BCUT2D eigenvalue weighted by molar-refractivity contribution is 5.13. The van der Waals surface area contributed by atoms with E-state index >= 15 is 0 Å². The average Bonchev–Trinajstić information content (AvgIpc) is 2.05. The van der Waals surface area contributed by atoms with Crippen LogP contribution in [-0.2, 0) is 6.54 Å². The van der Waals surface area contributed by atoms with E-state index in [4.69, 9.17) is 5.73 Å². The highest BCUT2D eigenvalue weighted by Gasteiger charge is 2.05. The van der Waals surface area contributed by atoms with Crippen LogP contribution in [-0.4, -0.2) is 14.9 Å². The van der Waals surface area contributed by atoms with Crippen molar-refractivity contribution >= 4 is 5.82 Å². The van der Waals surface area contributed by atoms with E-state index in [9.17, 15) is 10.1 Å². The first-order valence-electron chi connectivity index (χ1n) is 2.89.